The zero-order valence-corrected chi connectivity index (χ0v) is 16.0. The Hall–Kier alpha value is -1.34. The van der Waals surface area contributed by atoms with Gasteiger partial charge in [-0.05, 0) is 39.7 Å². The number of hydrogen-bond donors (Lipinski definition) is 2. The molecule has 2 heterocycles. The van der Waals surface area contributed by atoms with E-state index in [0.717, 1.165) is 44.5 Å². The molecule has 142 valence electrons. The lowest BCUT2D eigenvalue weighted by Gasteiger charge is -2.32. The first-order chi connectivity index (χ1) is 11.7. The normalized spacial score (nSPS) is 22.5. The fraction of sp³-hybridized carbons (Fsp3) is 0.824. The van der Waals surface area contributed by atoms with Gasteiger partial charge in [-0.2, -0.15) is 4.98 Å². The molecule has 0 aromatic carbocycles. The standard InChI is InChI=1S/C17H29N5O2.ClH/c1-12(18-2)10-15-20-16(24-21-15)13-6-5-9-22(11-13)17(23)19-14-7-3-4-8-14;/h12-14,18H,3-11H2,1-2H3,(H,19,23);1H. The second-order valence-corrected chi connectivity index (χ2v) is 7.16. The van der Waals surface area contributed by atoms with Gasteiger partial charge in [-0.3, -0.25) is 0 Å². The molecular weight excluding hydrogens is 342 g/mol. The molecule has 1 aromatic rings. The smallest absolute Gasteiger partial charge is 0.317 e. The minimum absolute atomic E-state index is 0. The van der Waals surface area contributed by atoms with E-state index in [1.807, 2.05) is 11.9 Å². The predicted molar refractivity (Wildman–Crippen MR) is 98.1 cm³/mol. The SMILES string of the molecule is CNC(C)Cc1noc(C2CCCN(C(=O)NC3CCCC3)C2)n1.Cl. The average Bonchev–Trinajstić information content (AvgIpc) is 3.27. The fourth-order valence-electron chi connectivity index (χ4n) is 3.59. The largest absolute Gasteiger partial charge is 0.339 e. The first kappa shape index (κ1) is 20.0. The van der Waals surface area contributed by atoms with Gasteiger partial charge in [0.05, 0.1) is 5.92 Å². The number of nitrogens with one attached hydrogen (secondary N) is 2. The van der Waals surface area contributed by atoms with Crippen LogP contribution in [-0.4, -0.2) is 53.3 Å². The number of aromatic nitrogens is 2. The van der Waals surface area contributed by atoms with Crippen LogP contribution in [0.15, 0.2) is 4.52 Å². The van der Waals surface area contributed by atoms with E-state index in [-0.39, 0.29) is 24.4 Å². The van der Waals surface area contributed by atoms with Gasteiger partial charge < -0.3 is 20.1 Å². The van der Waals surface area contributed by atoms with Crippen molar-refractivity contribution in [3.8, 4) is 0 Å². The highest BCUT2D eigenvalue weighted by atomic mass is 35.5. The summed E-state index contributed by atoms with van der Waals surface area (Å²) in [5.74, 6) is 1.56. The number of likely N-dealkylation sites (tertiary alicyclic amines) is 1. The van der Waals surface area contributed by atoms with Crippen LogP contribution < -0.4 is 10.6 Å². The zero-order chi connectivity index (χ0) is 16.9. The van der Waals surface area contributed by atoms with Crippen LogP contribution in [-0.2, 0) is 6.42 Å². The number of piperidine rings is 1. The maximum atomic E-state index is 12.5. The molecule has 2 unspecified atom stereocenters. The topological polar surface area (TPSA) is 83.3 Å². The van der Waals surface area contributed by atoms with E-state index in [0.29, 0.717) is 24.5 Å². The molecule has 2 atom stereocenters. The van der Waals surface area contributed by atoms with Crippen LogP contribution >= 0.6 is 12.4 Å². The Morgan fingerprint density at radius 1 is 1.32 bits per heavy atom. The highest BCUT2D eigenvalue weighted by molar-refractivity contribution is 5.85. The van der Waals surface area contributed by atoms with E-state index in [4.69, 9.17) is 4.52 Å². The van der Waals surface area contributed by atoms with Crippen molar-refractivity contribution in [3.63, 3.8) is 0 Å². The molecule has 0 spiro atoms. The molecule has 0 radical (unpaired) electrons. The quantitative estimate of drug-likeness (QED) is 0.830. The van der Waals surface area contributed by atoms with E-state index >= 15 is 0 Å². The first-order valence-corrected chi connectivity index (χ1v) is 9.21. The summed E-state index contributed by atoms with van der Waals surface area (Å²) in [6.45, 7) is 3.57. The second kappa shape index (κ2) is 9.38. The monoisotopic (exact) mass is 371 g/mol. The Kier molecular flexibility index (Phi) is 7.50. The molecule has 3 rings (SSSR count). The van der Waals surface area contributed by atoms with E-state index in [1.165, 1.54) is 12.8 Å². The number of carbonyl (C=O) groups is 1. The number of carbonyl (C=O) groups excluding carboxylic acids is 1. The molecule has 1 saturated heterocycles. The molecule has 2 amide bonds. The van der Waals surface area contributed by atoms with Crippen LogP contribution in [0.5, 0.6) is 0 Å². The van der Waals surface area contributed by atoms with Gasteiger partial charge in [0.1, 0.15) is 0 Å². The van der Waals surface area contributed by atoms with Gasteiger partial charge in [0, 0.05) is 31.6 Å². The zero-order valence-electron chi connectivity index (χ0n) is 15.2. The Bertz CT molecular complexity index is 547. The lowest BCUT2D eigenvalue weighted by molar-refractivity contribution is 0.168. The third-order valence-corrected chi connectivity index (χ3v) is 5.21. The van der Waals surface area contributed by atoms with E-state index < -0.39 is 0 Å². The molecule has 25 heavy (non-hydrogen) atoms. The highest BCUT2D eigenvalue weighted by Gasteiger charge is 2.30. The Morgan fingerprint density at radius 2 is 2.08 bits per heavy atom. The maximum Gasteiger partial charge on any atom is 0.317 e. The van der Waals surface area contributed by atoms with Crippen molar-refractivity contribution in [3.05, 3.63) is 11.7 Å². The van der Waals surface area contributed by atoms with E-state index in [9.17, 15) is 4.79 Å². The second-order valence-electron chi connectivity index (χ2n) is 7.16. The number of likely N-dealkylation sites (N-methyl/N-ethyl adjacent to an activating group) is 1. The van der Waals surface area contributed by atoms with Gasteiger partial charge in [-0.15, -0.1) is 12.4 Å². The minimum Gasteiger partial charge on any atom is -0.339 e. The Morgan fingerprint density at radius 3 is 2.80 bits per heavy atom. The number of hydrogen-bond acceptors (Lipinski definition) is 5. The van der Waals surface area contributed by atoms with Crippen molar-refractivity contribution in [1.29, 1.82) is 0 Å². The first-order valence-electron chi connectivity index (χ1n) is 9.21. The predicted octanol–water partition coefficient (Wildman–Crippen LogP) is 2.47. The van der Waals surface area contributed by atoms with Crippen molar-refractivity contribution in [2.45, 2.75) is 69.9 Å². The van der Waals surface area contributed by atoms with E-state index in [2.05, 4.69) is 27.7 Å². The summed E-state index contributed by atoms with van der Waals surface area (Å²) in [6.07, 6.45) is 7.40. The lowest BCUT2D eigenvalue weighted by Crippen LogP contribution is -2.47. The van der Waals surface area contributed by atoms with Gasteiger partial charge >= 0.3 is 6.03 Å². The number of nitrogens with zero attached hydrogens (tertiary/aromatic N) is 3. The van der Waals surface area contributed by atoms with Crippen LogP contribution in [0.4, 0.5) is 4.79 Å². The fourth-order valence-corrected chi connectivity index (χ4v) is 3.59. The van der Waals surface area contributed by atoms with E-state index in [1.54, 1.807) is 0 Å². The molecular formula is C17H30ClN5O2. The third-order valence-electron chi connectivity index (χ3n) is 5.21. The molecule has 1 saturated carbocycles. The van der Waals surface area contributed by atoms with Crippen molar-refractivity contribution in [2.75, 3.05) is 20.1 Å². The van der Waals surface area contributed by atoms with Crippen LogP contribution in [0.3, 0.4) is 0 Å². The lowest BCUT2D eigenvalue weighted by atomic mass is 9.98. The van der Waals surface area contributed by atoms with Crippen molar-refractivity contribution >= 4 is 18.4 Å². The number of rotatable bonds is 5. The Balaban J connectivity index is 0.00000225. The van der Waals surface area contributed by atoms with Crippen molar-refractivity contribution in [2.24, 2.45) is 0 Å². The molecule has 2 aliphatic rings. The number of halogens is 1. The molecule has 1 aromatic heterocycles. The van der Waals surface area contributed by atoms with Crippen LogP contribution in [0, 0.1) is 0 Å². The summed E-state index contributed by atoms with van der Waals surface area (Å²) in [5.41, 5.74) is 0. The summed E-state index contributed by atoms with van der Waals surface area (Å²) in [6, 6.07) is 0.738. The van der Waals surface area contributed by atoms with Gasteiger partial charge in [0.15, 0.2) is 5.82 Å². The van der Waals surface area contributed by atoms with Gasteiger partial charge in [0.2, 0.25) is 5.89 Å². The minimum atomic E-state index is 0. The van der Waals surface area contributed by atoms with Crippen molar-refractivity contribution in [1.82, 2.24) is 25.7 Å². The molecule has 8 heteroatoms. The molecule has 2 fully saturated rings. The average molecular weight is 372 g/mol. The summed E-state index contributed by atoms with van der Waals surface area (Å²) in [7, 11) is 1.92. The van der Waals surface area contributed by atoms with Crippen LogP contribution in [0.1, 0.15) is 63.1 Å². The third kappa shape index (κ3) is 5.31. The van der Waals surface area contributed by atoms with Gasteiger partial charge in [-0.25, -0.2) is 4.79 Å². The molecule has 7 nitrogen and oxygen atoms in total. The van der Waals surface area contributed by atoms with Crippen LogP contribution in [0.25, 0.3) is 0 Å². The molecule has 2 N–H and O–H groups in total. The van der Waals surface area contributed by atoms with Crippen LogP contribution in [0.2, 0.25) is 0 Å². The molecule has 1 aliphatic carbocycles. The summed E-state index contributed by atoms with van der Waals surface area (Å²) in [5, 5.41) is 10.4. The van der Waals surface area contributed by atoms with Crippen molar-refractivity contribution < 1.29 is 9.32 Å². The number of urea groups is 1. The van der Waals surface area contributed by atoms with Gasteiger partial charge in [-0.1, -0.05) is 18.0 Å². The summed E-state index contributed by atoms with van der Waals surface area (Å²) >= 11 is 0. The molecule has 0 bridgehead atoms. The highest BCUT2D eigenvalue weighted by Crippen LogP contribution is 2.26. The number of amides is 2. The molecule has 1 aliphatic heterocycles. The van der Waals surface area contributed by atoms with Gasteiger partial charge in [0.25, 0.3) is 0 Å². The Labute approximate surface area is 155 Å². The summed E-state index contributed by atoms with van der Waals surface area (Å²) < 4.78 is 5.46. The maximum absolute atomic E-state index is 12.5. The summed E-state index contributed by atoms with van der Waals surface area (Å²) in [4.78, 5) is 18.9.